The van der Waals surface area contributed by atoms with Crippen molar-refractivity contribution in [2.24, 2.45) is 0 Å². The van der Waals surface area contributed by atoms with Gasteiger partial charge >= 0.3 is 5.97 Å². The van der Waals surface area contributed by atoms with Gasteiger partial charge in [0.15, 0.2) is 5.57 Å². The molecule has 0 unspecified atom stereocenters. The van der Waals surface area contributed by atoms with Gasteiger partial charge < -0.3 is 4.74 Å². The zero-order chi connectivity index (χ0) is 19.2. The molecule has 0 atom stereocenters. The third-order valence-electron chi connectivity index (χ3n) is 4.90. The van der Waals surface area contributed by atoms with Crippen molar-refractivity contribution in [1.29, 1.82) is 5.26 Å². The van der Waals surface area contributed by atoms with E-state index in [1.165, 1.54) is 0 Å². The van der Waals surface area contributed by atoms with Gasteiger partial charge in [-0.1, -0.05) is 13.0 Å². The smallest absolute Gasteiger partial charge is 0.349 e. The number of carbonyl (C=O) groups excluding carboxylic acids is 2. The number of aryl methyl sites for hydroxylation is 1. The van der Waals surface area contributed by atoms with Crippen LogP contribution in [-0.2, 0) is 20.7 Å². The fourth-order valence-corrected chi connectivity index (χ4v) is 3.83. The number of rotatable bonds is 3. The van der Waals surface area contributed by atoms with Crippen LogP contribution in [0.3, 0.4) is 0 Å². The van der Waals surface area contributed by atoms with Gasteiger partial charge in [-0.3, -0.25) is 9.69 Å². The molecule has 0 saturated carbocycles. The maximum atomic E-state index is 13.3. The first-order chi connectivity index (χ1) is 12.3. The normalized spacial score (nSPS) is 18.8. The molecule has 0 fully saturated rings. The van der Waals surface area contributed by atoms with Gasteiger partial charge in [0.05, 0.1) is 23.4 Å². The molecule has 0 bridgehead atoms. The molecule has 1 aromatic rings. The van der Waals surface area contributed by atoms with Gasteiger partial charge in [0, 0.05) is 11.1 Å². The molecule has 1 aromatic carbocycles. The lowest BCUT2D eigenvalue weighted by Crippen LogP contribution is -2.46. The van der Waals surface area contributed by atoms with Crippen LogP contribution in [0.25, 0.3) is 11.1 Å². The van der Waals surface area contributed by atoms with Crippen LogP contribution in [-0.4, -0.2) is 24.0 Å². The lowest BCUT2D eigenvalue weighted by Gasteiger charge is -2.38. The third kappa shape index (κ3) is 2.45. The van der Waals surface area contributed by atoms with E-state index in [2.05, 4.69) is 12.1 Å². The van der Waals surface area contributed by atoms with Gasteiger partial charge in [0.2, 0.25) is 0 Å². The maximum absolute atomic E-state index is 13.3. The highest BCUT2D eigenvalue weighted by Crippen LogP contribution is 2.50. The Kier molecular flexibility index (Phi) is 4.23. The number of carbonyl (C=O) groups is 2. The number of hydrogen-bond acceptors (Lipinski definition) is 4. The Morgan fingerprint density at radius 3 is 2.50 bits per heavy atom. The number of esters is 1. The van der Waals surface area contributed by atoms with E-state index in [1.807, 2.05) is 39.8 Å². The van der Waals surface area contributed by atoms with E-state index in [0.717, 1.165) is 28.8 Å². The lowest BCUT2D eigenvalue weighted by atomic mass is 9.87. The molecule has 2 aliphatic rings. The van der Waals surface area contributed by atoms with Crippen LogP contribution >= 0.6 is 0 Å². The molecule has 0 aliphatic carbocycles. The van der Waals surface area contributed by atoms with Crippen molar-refractivity contribution < 1.29 is 14.3 Å². The summed E-state index contributed by atoms with van der Waals surface area (Å²) in [4.78, 5) is 27.3. The van der Waals surface area contributed by atoms with Crippen LogP contribution < -0.4 is 4.90 Å². The number of benzene rings is 1. The minimum Gasteiger partial charge on any atom is -0.462 e. The summed E-state index contributed by atoms with van der Waals surface area (Å²) in [5, 5.41) is 9.59. The summed E-state index contributed by atoms with van der Waals surface area (Å²) in [6.45, 7) is 9.79. The van der Waals surface area contributed by atoms with Crippen molar-refractivity contribution in [2.45, 2.75) is 46.6 Å². The van der Waals surface area contributed by atoms with Crippen molar-refractivity contribution >= 4 is 28.7 Å². The van der Waals surface area contributed by atoms with Gasteiger partial charge in [-0.25, -0.2) is 4.79 Å². The van der Waals surface area contributed by atoms with E-state index in [4.69, 9.17) is 4.74 Å². The molecule has 1 amide bonds. The molecule has 26 heavy (non-hydrogen) atoms. The minimum atomic E-state index is -0.753. The number of ether oxygens (including phenoxy) is 1. The van der Waals surface area contributed by atoms with E-state index in [0.29, 0.717) is 5.56 Å². The number of hydrogen-bond donors (Lipinski definition) is 0. The fraction of sp³-hybridized carbons (Fsp3) is 0.381. The molecular formula is C21H22N2O3. The number of nitrogens with zero attached hydrogens (tertiary/aromatic N) is 2. The van der Waals surface area contributed by atoms with Gasteiger partial charge in [0.25, 0.3) is 5.91 Å². The standard InChI is InChI=1S/C21H22N2O3/c1-6-13-8-14-12(3)10-21(4,5)23-18(14)15(9-13)17(19(23)24)16(11-22)20(25)26-7-2/h8-10H,6-7H2,1-5H3/b17-16-. The fourth-order valence-electron chi connectivity index (χ4n) is 3.83. The van der Waals surface area contributed by atoms with Crippen LogP contribution in [0.2, 0.25) is 0 Å². The predicted molar refractivity (Wildman–Crippen MR) is 100 cm³/mol. The van der Waals surface area contributed by atoms with Crippen LogP contribution in [0.15, 0.2) is 23.8 Å². The van der Waals surface area contributed by atoms with Crippen molar-refractivity contribution in [1.82, 2.24) is 0 Å². The Labute approximate surface area is 153 Å². The molecule has 3 rings (SSSR count). The van der Waals surface area contributed by atoms with Gasteiger partial charge in [-0.05, 0) is 57.4 Å². The molecule has 0 radical (unpaired) electrons. The molecule has 0 N–H and O–H groups in total. The van der Waals surface area contributed by atoms with Gasteiger partial charge in [0.1, 0.15) is 6.07 Å². The minimum absolute atomic E-state index is 0.147. The zero-order valence-corrected chi connectivity index (χ0v) is 15.8. The lowest BCUT2D eigenvalue weighted by molar-refractivity contribution is -0.138. The Bertz CT molecular complexity index is 929. The molecule has 2 heterocycles. The van der Waals surface area contributed by atoms with Gasteiger partial charge in [-0.15, -0.1) is 0 Å². The molecule has 2 aliphatic heterocycles. The first kappa shape index (κ1) is 17.9. The molecular weight excluding hydrogens is 328 g/mol. The molecule has 5 heteroatoms. The van der Waals surface area contributed by atoms with Crippen molar-refractivity contribution in [3.8, 4) is 6.07 Å². The molecule has 0 saturated heterocycles. The van der Waals surface area contributed by atoms with Crippen molar-refractivity contribution in [2.75, 3.05) is 11.5 Å². The van der Waals surface area contributed by atoms with E-state index in [-0.39, 0.29) is 23.7 Å². The van der Waals surface area contributed by atoms with Crippen LogP contribution in [0, 0.1) is 11.3 Å². The highest BCUT2D eigenvalue weighted by atomic mass is 16.5. The summed E-state index contributed by atoms with van der Waals surface area (Å²) in [5.74, 6) is -1.08. The highest BCUT2D eigenvalue weighted by Gasteiger charge is 2.46. The summed E-state index contributed by atoms with van der Waals surface area (Å²) < 4.78 is 5.01. The maximum Gasteiger partial charge on any atom is 0.349 e. The van der Waals surface area contributed by atoms with E-state index in [9.17, 15) is 14.9 Å². The van der Waals surface area contributed by atoms with E-state index < -0.39 is 11.5 Å². The Morgan fingerprint density at radius 2 is 1.92 bits per heavy atom. The van der Waals surface area contributed by atoms with Crippen LogP contribution in [0.5, 0.6) is 0 Å². The summed E-state index contributed by atoms with van der Waals surface area (Å²) in [6.07, 6.45) is 2.84. The first-order valence-electron chi connectivity index (χ1n) is 8.80. The number of amides is 1. The second-order valence-corrected chi connectivity index (χ2v) is 7.10. The van der Waals surface area contributed by atoms with E-state index >= 15 is 0 Å². The van der Waals surface area contributed by atoms with Crippen molar-refractivity contribution in [3.05, 3.63) is 40.5 Å². The SMILES string of the molecule is CCOC(=O)/C(C#N)=C1\C(=O)N2c3c(cc(CC)cc31)C(C)=CC2(C)C. The summed E-state index contributed by atoms with van der Waals surface area (Å²) in [7, 11) is 0. The number of nitriles is 1. The monoisotopic (exact) mass is 350 g/mol. The number of anilines is 1. The Morgan fingerprint density at radius 1 is 1.27 bits per heavy atom. The molecule has 5 nitrogen and oxygen atoms in total. The molecule has 134 valence electrons. The van der Waals surface area contributed by atoms with E-state index in [1.54, 1.807) is 11.8 Å². The Balaban J connectivity index is 2.39. The topological polar surface area (TPSA) is 70.4 Å². The summed E-state index contributed by atoms with van der Waals surface area (Å²) in [6, 6.07) is 5.90. The summed E-state index contributed by atoms with van der Waals surface area (Å²) >= 11 is 0. The van der Waals surface area contributed by atoms with Crippen LogP contribution in [0.4, 0.5) is 5.69 Å². The third-order valence-corrected chi connectivity index (χ3v) is 4.90. The second kappa shape index (κ2) is 6.14. The molecule has 0 aromatic heterocycles. The van der Waals surface area contributed by atoms with Gasteiger partial charge in [-0.2, -0.15) is 5.26 Å². The summed E-state index contributed by atoms with van der Waals surface area (Å²) in [5.41, 5.74) is 3.92. The quantitative estimate of drug-likeness (QED) is 0.474. The average molecular weight is 350 g/mol. The highest BCUT2D eigenvalue weighted by molar-refractivity contribution is 6.38. The van der Waals surface area contributed by atoms with Crippen LogP contribution in [0.1, 0.15) is 51.3 Å². The second-order valence-electron chi connectivity index (χ2n) is 7.10. The molecule has 0 spiro atoms. The van der Waals surface area contributed by atoms with Crippen molar-refractivity contribution in [3.63, 3.8) is 0 Å². The average Bonchev–Trinajstić information content (AvgIpc) is 2.87. The zero-order valence-electron chi connectivity index (χ0n) is 15.8. The first-order valence-corrected chi connectivity index (χ1v) is 8.80. The number of allylic oxidation sites excluding steroid dienone is 1. The Hall–Kier alpha value is -2.87. The largest absolute Gasteiger partial charge is 0.462 e. The predicted octanol–water partition coefficient (Wildman–Crippen LogP) is 3.63.